The topological polar surface area (TPSA) is 72.2 Å². The van der Waals surface area contributed by atoms with Crippen LogP contribution >= 0.6 is 11.6 Å². The van der Waals surface area contributed by atoms with Gasteiger partial charge in [0, 0.05) is 10.6 Å². The van der Waals surface area contributed by atoms with Crippen LogP contribution in [-0.4, -0.2) is 16.4 Å². The molecule has 124 valence electrons. The van der Waals surface area contributed by atoms with E-state index in [-0.39, 0.29) is 28.0 Å². The lowest BCUT2D eigenvalue weighted by molar-refractivity contribution is 0.0918. The van der Waals surface area contributed by atoms with Crippen LogP contribution in [0.4, 0.5) is 0 Å². The molecule has 24 heavy (non-hydrogen) atoms. The van der Waals surface area contributed by atoms with Crippen molar-refractivity contribution in [3.8, 4) is 0 Å². The van der Waals surface area contributed by atoms with Gasteiger partial charge in [-0.2, -0.15) is 0 Å². The monoisotopic (exact) mass is 344 g/mol. The molecule has 0 aliphatic carbocycles. The predicted octanol–water partition coefficient (Wildman–Crippen LogP) is 3.83. The molecule has 2 aromatic heterocycles. The van der Waals surface area contributed by atoms with Gasteiger partial charge >= 0.3 is 0 Å². The molecule has 0 radical (unpaired) electrons. The van der Waals surface area contributed by atoms with E-state index in [4.69, 9.17) is 16.0 Å². The summed E-state index contributed by atoms with van der Waals surface area (Å²) in [5.74, 6) is -0.278. The number of halogens is 1. The molecule has 5 nitrogen and oxygen atoms in total. The number of fused-ring (bicyclic) bond motifs is 2. The van der Waals surface area contributed by atoms with Crippen molar-refractivity contribution >= 4 is 39.6 Å². The minimum absolute atomic E-state index is 0.208. The van der Waals surface area contributed by atoms with Crippen LogP contribution in [0.3, 0.4) is 0 Å². The summed E-state index contributed by atoms with van der Waals surface area (Å²) in [6.07, 6.45) is 0. The molecule has 0 aliphatic heterocycles. The smallest absolute Gasteiger partial charge is 0.253 e. The van der Waals surface area contributed by atoms with E-state index in [1.807, 2.05) is 20.8 Å². The van der Waals surface area contributed by atoms with Gasteiger partial charge in [-0.15, -0.1) is 0 Å². The van der Waals surface area contributed by atoms with Crippen LogP contribution in [0.1, 0.15) is 36.8 Å². The molecule has 0 atom stereocenters. The zero-order valence-corrected chi connectivity index (χ0v) is 14.6. The van der Waals surface area contributed by atoms with E-state index in [1.54, 1.807) is 25.1 Å². The van der Waals surface area contributed by atoms with Gasteiger partial charge in [0.2, 0.25) is 11.1 Å². The summed E-state index contributed by atoms with van der Waals surface area (Å²) < 4.78 is 5.70. The Morgan fingerprint density at radius 3 is 2.58 bits per heavy atom. The number of rotatable bonds is 1. The summed E-state index contributed by atoms with van der Waals surface area (Å²) in [6.45, 7) is 7.37. The number of pyridine rings is 1. The van der Waals surface area contributed by atoms with Gasteiger partial charge in [0.25, 0.3) is 5.91 Å². The number of nitrogens with one attached hydrogen (secondary N) is 1. The van der Waals surface area contributed by atoms with Crippen LogP contribution in [0.25, 0.3) is 22.1 Å². The highest BCUT2D eigenvalue weighted by molar-refractivity contribution is 6.31. The molecule has 1 aromatic carbocycles. The molecule has 0 spiro atoms. The lowest BCUT2D eigenvalue weighted by Crippen LogP contribution is -2.41. The minimum atomic E-state index is -0.389. The highest BCUT2D eigenvalue weighted by atomic mass is 35.5. The SMILES string of the molecule is Cc1nc2oc3ccc(Cl)cc3c(=O)c2cc1C(=O)NC(C)(C)C. The zero-order chi connectivity index (χ0) is 17.6. The minimum Gasteiger partial charge on any atom is -0.437 e. The molecule has 0 fully saturated rings. The van der Waals surface area contributed by atoms with Crippen LogP contribution in [0, 0.1) is 6.92 Å². The maximum Gasteiger partial charge on any atom is 0.253 e. The van der Waals surface area contributed by atoms with Gasteiger partial charge in [0.15, 0.2) is 0 Å². The Hall–Kier alpha value is -2.40. The van der Waals surface area contributed by atoms with Gasteiger partial charge in [-0.1, -0.05) is 11.6 Å². The van der Waals surface area contributed by atoms with Crippen molar-refractivity contribution in [1.82, 2.24) is 10.3 Å². The Morgan fingerprint density at radius 1 is 1.21 bits per heavy atom. The fourth-order valence-electron chi connectivity index (χ4n) is 2.48. The molecule has 1 amide bonds. The first kappa shape index (κ1) is 16.5. The first-order chi connectivity index (χ1) is 11.2. The fraction of sp³-hybridized carbons (Fsp3) is 0.278. The molecular formula is C18H17ClN2O3. The van der Waals surface area contributed by atoms with Crippen LogP contribution in [0.15, 0.2) is 33.5 Å². The first-order valence-corrected chi connectivity index (χ1v) is 7.90. The van der Waals surface area contributed by atoms with Crippen molar-refractivity contribution in [2.24, 2.45) is 0 Å². The number of aromatic nitrogens is 1. The van der Waals surface area contributed by atoms with Gasteiger partial charge in [0.05, 0.1) is 22.0 Å². The van der Waals surface area contributed by atoms with Gasteiger partial charge in [0.1, 0.15) is 5.58 Å². The maximum absolute atomic E-state index is 12.7. The molecule has 3 aromatic rings. The lowest BCUT2D eigenvalue weighted by Gasteiger charge is -2.21. The second-order valence-corrected chi connectivity index (χ2v) is 7.19. The molecule has 0 saturated heterocycles. The molecule has 1 N–H and O–H groups in total. The molecule has 2 heterocycles. The molecule has 0 unspecified atom stereocenters. The standard InChI is InChI=1S/C18H17ClN2O3/c1-9-11(16(23)21-18(2,3)4)8-13-15(22)12-7-10(19)5-6-14(12)24-17(13)20-9/h5-8H,1-4H3,(H,21,23). The van der Waals surface area contributed by atoms with Crippen molar-refractivity contribution in [3.05, 3.63) is 50.8 Å². The molecule has 0 bridgehead atoms. The Kier molecular flexibility index (Phi) is 3.84. The lowest BCUT2D eigenvalue weighted by atomic mass is 10.1. The molecule has 0 aliphatic rings. The summed E-state index contributed by atoms with van der Waals surface area (Å²) in [5, 5.41) is 3.94. The molecule has 0 saturated carbocycles. The second-order valence-electron chi connectivity index (χ2n) is 6.75. The average molecular weight is 345 g/mol. The maximum atomic E-state index is 12.7. The number of nitrogens with zero attached hydrogens (tertiary/aromatic N) is 1. The van der Waals surface area contributed by atoms with E-state index in [9.17, 15) is 9.59 Å². The Balaban J connectivity index is 2.26. The molecule has 6 heteroatoms. The van der Waals surface area contributed by atoms with Gasteiger partial charge < -0.3 is 9.73 Å². The predicted molar refractivity (Wildman–Crippen MR) is 94.8 cm³/mol. The van der Waals surface area contributed by atoms with Crippen molar-refractivity contribution < 1.29 is 9.21 Å². The van der Waals surface area contributed by atoms with Crippen LogP contribution in [-0.2, 0) is 0 Å². The normalized spacial score (nSPS) is 11.9. The van der Waals surface area contributed by atoms with Crippen LogP contribution < -0.4 is 10.7 Å². The highest BCUT2D eigenvalue weighted by Gasteiger charge is 2.20. The molecule has 3 rings (SSSR count). The largest absolute Gasteiger partial charge is 0.437 e. The van der Waals surface area contributed by atoms with E-state index in [0.29, 0.717) is 27.2 Å². The number of hydrogen-bond acceptors (Lipinski definition) is 4. The van der Waals surface area contributed by atoms with Crippen LogP contribution in [0.5, 0.6) is 0 Å². The van der Waals surface area contributed by atoms with E-state index in [2.05, 4.69) is 10.3 Å². The van der Waals surface area contributed by atoms with E-state index < -0.39 is 0 Å². The van der Waals surface area contributed by atoms with Gasteiger partial charge in [-0.05, 0) is 52.0 Å². The number of aryl methyl sites for hydroxylation is 1. The van der Waals surface area contributed by atoms with Crippen molar-refractivity contribution in [3.63, 3.8) is 0 Å². The zero-order valence-electron chi connectivity index (χ0n) is 13.9. The number of hydrogen-bond donors (Lipinski definition) is 1. The van der Waals surface area contributed by atoms with E-state index in [1.165, 1.54) is 6.07 Å². The second kappa shape index (κ2) is 5.60. The van der Waals surface area contributed by atoms with Crippen molar-refractivity contribution in [2.45, 2.75) is 33.2 Å². The third kappa shape index (κ3) is 2.99. The van der Waals surface area contributed by atoms with Gasteiger partial charge in [-0.3, -0.25) is 9.59 Å². The summed E-state index contributed by atoms with van der Waals surface area (Å²) in [5.41, 5.74) is 0.827. The van der Waals surface area contributed by atoms with Crippen molar-refractivity contribution in [2.75, 3.05) is 0 Å². The summed E-state index contributed by atoms with van der Waals surface area (Å²) in [6, 6.07) is 6.37. The van der Waals surface area contributed by atoms with Gasteiger partial charge in [-0.25, -0.2) is 4.98 Å². The summed E-state index contributed by atoms with van der Waals surface area (Å²) >= 11 is 5.96. The van der Waals surface area contributed by atoms with Crippen molar-refractivity contribution in [1.29, 1.82) is 0 Å². The van der Waals surface area contributed by atoms with E-state index in [0.717, 1.165) is 0 Å². The summed E-state index contributed by atoms with van der Waals surface area (Å²) in [4.78, 5) is 29.5. The average Bonchev–Trinajstić information content (AvgIpc) is 2.46. The Labute approximate surface area is 143 Å². The molecular weight excluding hydrogens is 328 g/mol. The third-order valence-corrected chi connectivity index (χ3v) is 3.78. The van der Waals surface area contributed by atoms with E-state index >= 15 is 0 Å². The fourth-order valence-corrected chi connectivity index (χ4v) is 2.65. The Morgan fingerprint density at radius 2 is 1.92 bits per heavy atom. The number of carbonyl (C=O) groups is 1. The van der Waals surface area contributed by atoms with Crippen LogP contribution in [0.2, 0.25) is 5.02 Å². The Bertz CT molecular complexity index is 1030. The quantitative estimate of drug-likeness (QED) is 0.681. The summed E-state index contributed by atoms with van der Waals surface area (Å²) in [7, 11) is 0. The number of benzene rings is 1. The number of carbonyl (C=O) groups excluding carboxylic acids is 1. The number of amides is 1. The highest BCUT2D eigenvalue weighted by Crippen LogP contribution is 2.22. The third-order valence-electron chi connectivity index (χ3n) is 3.55. The first-order valence-electron chi connectivity index (χ1n) is 7.52.